The molecule has 0 aliphatic heterocycles. The summed E-state index contributed by atoms with van der Waals surface area (Å²) in [6.07, 6.45) is 0. The number of hydrogen-bond donors (Lipinski definition) is 1. The van der Waals surface area contributed by atoms with E-state index in [0.717, 1.165) is 24.3 Å². The number of carbonyl (C=O) groups is 1. The zero-order chi connectivity index (χ0) is 21.0. The molecule has 1 amide bonds. The Labute approximate surface area is 170 Å². The summed E-state index contributed by atoms with van der Waals surface area (Å²) in [6.45, 7) is 0. The van der Waals surface area contributed by atoms with Gasteiger partial charge in [-0.25, -0.2) is 8.42 Å². The summed E-state index contributed by atoms with van der Waals surface area (Å²) in [4.78, 5) is 11.9. The second-order valence-corrected chi connectivity index (χ2v) is 8.19. The van der Waals surface area contributed by atoms with Crippen molar-refractivity contribution in [2.24, 2.45) is 0 Å². The molecule has 3 aromatic carbocycles. The molecule has 0 heterocycles. The zero-order valence-corrected chi connectivity index (χ0v) is 16.3. The summed E-state index contributed by atoms with van der Waals surface area (Å²) in [7, 11) is -4.73. The fourth-order valence-corrected chi connectivity index (χ4v) is 3.29. The number of para-hydroxylation sites is 1. The number of rotatable bonds is 6. The second kappa shape index (κ2) is 8.59. The maximum atomic E-state index is 12.6. The number of alkyl halides is 2. The summed E-state index contributed by atoms with van der Waals surface area (Å²) < 4.78 is 53.9. The second-order valence-electron chi connectivity index (χ2n) is 5.84. The van der Waals surface area contributed by atoms with Gasteiger partial charge in [0.25, 0.3) is 5.91 Å². The van der Waals surface area contributed by atoms with Crippen LogP contribution in [-0.4, -0.2) is 20.1 Å². The first-order chi connectivity index (χ1) is 13.8. The normalized spacial score (nSPS) is 11.3. The Morgan fingerprint density at radius 3 is 2.24 bits per heavy atom. The molecule has 0 aromatic heterocycles. The molecule has 5 nitrogen and oxygen atoms in total. The fraction of sp³-hybridized carbons (Fsp3) is 0.0500. The van der Waals surface area contributed by atoms with E-state index in [0.29, 0.717) is 16.5 Å². The minimum Gasteiger partial charge on any atom is -0.455 e. The molecular weight excluding hydrogens is 424 g/mol. The lowest BCUT2D eigenvalue weighted by Gasteiger charge is -2.13. The number of carbonyl (C=O) groups excluding carboxylic acids is 1. The van der Waals surface area contributed by atoms with Crippen molar-refractivity contribution in [3.8, 4) is 11.5 Å². The first-order valence-corrected chi connectivity index (χ1v) is 10.2. The number of ether oxygens (including phenoxy) is 1. The number of hydrogen-bond acceptors (Lipinski definition) is 4. The molecule has 3 rings (SSSR count). The zero-order valence-electron chi connectivity index (χ0n) is 14.7. The quantitative estimate of drug-likeness (QED) is 0.562. The third-order valence-corrected chi connectivity index (χ3v) is 5.47. The van der Waals surface area contributed by atoms with Crippen molar-refractivity contribution in [2.75, 3.05) is 5.32 Å². The van der Waals surface area contributed by atoms with Gasteiger partial charge >= 0.3 is 5.76 Å². The number of nitrogens with one attached hydrogen (secondary N) is 1. The van der Waals surface area contributed by atoms with E-state index >= 15 is 0 Å². The lowest BCUT2D eigenvalue weighted by atomic mass is 10.2. The molecule has 0 atom stereocenters. The van der Waals surface area contributed by atoms with Crippen LogP contribution in [-0.2, 0) is 9.84 Å². The Hall–Kier alpha value is -2.97. The first kappa shape index (κ1) is 20.8. The average molecular weight is 438 g/mol. The van der Waals surface area contributed by atoms with E-state index in [9.17, 15) is 22.0 Å². The molecule has 0 aliphatic carbocycles. The summed E-state index contributed by atoms with van der Waals surface area (Å²) in [6, 6.07) is 17.8. The van der Waals surface area contributed by atoms with E-state index in [2.05, 4.69) is 5.32 Å². The molecule has 0 fully saturated rings. The van der Waals surface area contributed by atoms with Gasteiger partial charge in [-0.1, -0.05) is 29.8 Å². The monoisotopic (exact) mass is 437 g/mol. The minimum atomic E-state index is -4.73. The van der Waals surface area contributed by atoms with E-state index in [-0.39, 0.29) is 11.3 Å². The van der Waals surface area contributed by atoms with E-state index < -0.39 is 26.4 Å². The number of halogens is 3. The molecule has 3 aromatic rings. The number of sulfone groups is 1. The van der Waals surface area contributed by atoms with Gasteiger partial charge in [0.1, 0.15) is 5.75 Å². The highest BCUT2D eigenvalue weighted by Crippen LogP contribution is 2.32. The van der Waals surface area contributed by atoms with Crippen molar-refractivity contribution in [1.29, 1.82) is 0 Å². The van der Waals surface area contributed by atoms with E-state index in [1.165, 1.54) is 6.07 Å². The number of amides is 1. The standard InChI is InChI=1S/C20H14ClF2NO4S/c21-14-8-11-18(28-15-4-2-1-3-5-15)17(12-14)24-19(25)13-6-9-16(10-7-13)29(26,27)20(22)23/h1-12,20H,(H,24,25). The van der Waals surface area contributed by atoms with Crippen LogP contribution in [0.4, 0.5) is 14.5 Å². The van der Waals surface area contributed by atoms with Crippen molar-refractivity contribution < 1.29 is 26.7 Å². The molecular formula is C20H14ClF2NO4S. The lowest BCUT2D eigenvalue weighted by molar-refractivity contribution is 0.102. The lowest BCUT2D eigenvalue weighted by Crippen LogP contribution is -2.14. The van der Waals surface area contributed by atoms with Gasteiger partial charge in [-0.2, -0.15) is 8.78 Å². The Morgan fingerprint density at radius 1 is 0.966 bits per heavy atom. The topological polar surface area (TPSA) is 72.5 Å². The third kappa shape index (κ3) is 4.90. The summed E-state index contributed by atoms with van der Waals surface area (Å²) in [5.41, 5.74) is 0.361. The van der Waals surface area contributed by atoms with E-state index in [1.807, 2.05) is 6.07 Å². The predicted octanol–water partition coefficient (Wildman–Crippen LogP) is 5.38. The maximum absolute atomic E-state index is 12.6. The Bertz CT molecular complexity index is 1120. The SMILES string of the molecule is O=C(Nc1cc(Cl)ccc1Oc1ccccc1)c1ccc(S(=O)(=O)C(F)F)cc1. The molecule has 0 bridgehead atoms. The summed E-state index contributed by atoms with van der Waals surface area (Å²) in [5, 5.41) is 2.98. The van der Waals surface area contributed by atoms with Gasteiger partial charge in [-0.3, -0.25) is 4.79 Å². The van der Waals surface area contributed by atoms with E-state index in [1.54, 1.807) is 36.4 Å². The Kier molecular flexibility index (Phi) is 6.14. The molecule has 0 saturated carbocycles. The molecule has 29 heavy (non-hydrogen) atoms. The predicted molar refractivity (Wildman–Crippen MR) is 106 cm³/mol. The molecule has 1 N–H and O–H groups in total. The Balaban J connectivity index is 1.83. The van der Waals surface area contributed by atoms with Crippen LogP contribution < -0.4 is 10.1 Å². The highest BCUT2D eigenvalue weighted by Gasteiger charge is 2.26. The van der Waals surface area contributed by atoms with Crippen molar-refractivity contribution in [3.05, 3.63) is 83.4 Å². The van der Waals surface area contributed by atoms with Crippen LogP contribution >= 0.6 is 11.6 Å². The van der Waals surface area contributed by atoms with Crippen LogP contribution in [0.15, 0.2) is 77.7 Å². The van der Waals surface area contributed by atoms with Gasteiger partial charge in [0.05, 0.1) is 10.6 Å². The number of benzene rings is 3. The Morgan fingerprint density at radius 2 is 1.62 bits per heavy atom. The largest absolute Gasteiger partial charge is 0.455 e. The van der Waals surface area contributed by atoms with Gasteiger partial charge in [-0.15, -0.1) is 0 Å². The minimum absolute atomic E-state index is 0.0730. The van der Waals surface area contributed by atoms with Crippen LogP contribution in [0.5, 0.6) is 11.5 Å². The van der Waals surface area contributed by atoms with Gasteiger partial charge in [-0.05, 0) is 54.6 Å². The van der Waals surface area contributed by atoms with Crippen LogP contribution in [0.25, 0.3) is 0 Å². The molecule has 150 valence electrons. The highest BCUT2D eigenvalue weighted by molar-refractivity contribution is 7.91. The molecule has 0 unspecified atom stereocenters. The molecule has 9 heteroatoms. The van der Waals surface area contributed by atoms with Gasteiger partial charge < -0.3 is 10.1 Å². The van der Waals surface area contributed by atoms with Crippen molar-refractivity contribution in [1.82, 2.24) is 0 Å². The van der Waals surface area contributed by atoms with Crippen LogP contribution in [0.2, 0.25) is 5.02 Å². The van der Waals surface area contributed by atoms with E-state index in [4.69, 9.17) is 16.3 Å². The first-order valence-electron chi connectivity index (χ1n) is 8.23. The van der Waals surface area contributed by atoms with Crippen LogP contribution in [0.3, 0.4) is 0 Å². The third-order valence-electron chi connectivity index (χ3n) is 3.84. The fourth-order valence-electron chi connectivity index (χ4n) is 2.40. The van der Waals surface area contributed by atoms with Crippen molar-refractivity contribution in [3.63, 3.8) is 0 Å². The average Bonchev–Trinajstić information content (AvgIpc) is 2.70. The van der Waals surface area contributed by atoms with Gasteiger partial charge in [0.2, 0.25) is 9.84 Å². The maximum Gasteiger partial charge on any atom is 0.341 e. The van der Waals surface area contributed by atoms with Crippen LogP contribution in [0, 0.1) is 0 Å². The van der Waals surface area contributed by atoms with Crippen molar-refractivity contribution >= 4 is 33.0 Å². The molecule has 0 radical (unpaired) electrons. The molecule has 0 saturated heterocycles. The number of anilines is 1. The smallest absolute Gasteiger partial charge is 0.341 e. The molecule has 0 spiro atoms. The van der Waals surface area contributed by atoms with Crippen LogP contribution in [0.1, 0.15) is 10.4 Å². The highest BCUT2D eigenvalue weighted by atomic mass is 35.5. The van der Waals surface area contributed by atoms with Crippen molar-refractivity contribution in [2.45, 2.75) is 10.7 Å². The summed E-state index contributed by atoms with van der Waals surface area (Å²) in [5.74, 6) is -3.24. The summed E-state index contributed by atoms with van der Waals surface area (Å²) >= 11 is 6.01. The van der Waals surface area contributed by atoms with Gasteiger partial charge in [0.15, 0.2) is 5.75 Å². The molecule has 0 aliphatic rings. The van der Waals surface area contributed by atoms with Gasteiger partial charge in [0, 0.05) is 10.6 Å².